The van der Waals surface area contributed by atoms with Crippen molar-refractivity contribution >= 4 is 23.7 Å². The van der Waals surface area contributed by atoms with Gasteiger partial charge in [-0.25, -0.2) is 4.79 Å². The van der Waals surface area contributed by atoms with E-state index in [1.54, 1.807) is 12.1 Å². The molecule has 0 radical (unpaired) electrons. The van der Waals surface area contributed by atoms with E-state index < -0.39 is 36.3 Å². The first-order valence-corrected chi connectivity index (χ1v) is 8.17. The van der Waals surface area contributed by atoms with Crippen LogP contribution in [0.1, 0.15) is 48.4 Å². The number of nitrogens with one attached hydrogen (secondary N) is 1. The van der Waals surface area contributed by atoms with Gasteiger partial charge in [-0.2, -0.15) is 0 Å². The summed E-state index contributed by atoms with van der Waals surface area (Å²) in [6.45, 7) is 6.72. The molecule has 7 nitrogen and oxygen atoms in total. The van der Waals surface area contributed by atoms with Crippen LogP contribution in [0.4, 0.5) is 0 Å². The monoisotopic (exact) mass is 346 g/mol. The number of amides is 3. The fourth-order valence-corrected chi connectivity index (χ4v) is 2.38. The highest BCUT2D eigenvalue weighted by Crippen LogP contribution is 2.24. The van der Waals surface area contributed by atoms with E-state index in [0.717, 1.165) is 4.90 Å². The van der Waals surface area contributed by atoms with Crippen molar-refractivity contribution in [3.63, 3.8) is 0 Å². The van der Waals surface area contributed by atoms with Crippen molar-refractivity contribution in [2.45, 2.75) is 39.8 Å². The van der Waals surface area contributed by atoms with Crippen LogP contribution in [0.2, 0.25) is 0 Å². The van der Waals surface area contributed by atoms with Gasteiger partial charge in [0.05, 0.1) is 11.1 Å². The van der Waals surface area contributed by atoms with E-state index in [9.17, 15) is 19.2 Å². The Hall–Kier alpha value is -2.70. The molecule has 0 bridgehead atoms. The number of carbonyl (C=O) groups is 4. The van der Waals surface area contributed by atoms with Crippen molar-refractivity contribution < 1.29 is 23.9 Å². The molecule has 7 heteroatoms. The lowest BCUT2D eigenvalue weighted by Crippen LogP contribution is -2.45. The second-order valence-corrected chi connectivity index (χ2v) is 6.41. The fourth-order valence-electron chi connectivity index (χ4n) is 2.38. The first kappa shape index (κ1) is 18.6. The Morgan fingerprint density at radius 2 is 1.56 bits per heavy atom. The van der Waals surface area contributed by atoms with E-state index in [4.69, 9.17) is 4.74 Å². The summed E-state index contributed by atoms with van der Waals surface area (Å²) in [5.74, 6) is -2.06. The second kappa shape index (κ2) is 7.46. The molecule has 2 rings (SSSR count). The Labute approximate surface area is 146 Å². The third-order valence-electron chi connectivity index (χ3n) is 4.29. The average Bonchev–Trinajstić information content (AvgIpc) is 2.83. The lowest BCUT2D eigenvalue weighted by Gasteiger charge is -2.21. The van der Waals surface area contributed by atoms with Crippen molar-refractivity contribution in [3.05, 3.63) is 35.4 Å². The number of carbonyl (C=O) groups excluding carboxylic acids is 4. The maximum Gasteiger partial charge on any atom is 0.329 e. The van der Waals surface area contributed by atoms with Crippen molar-refractivity contribution in [2.24, 2.45) is 5.92 Å². The third kappa shape index (κ3) is 3.87. The summed E-state index contributed by atoms with van der Waals surface area (Å²) in [7, 11) is 0. The summed E-state index contributed by atoms with van der Waals surface area (Å²) in [6.07, 6.45) is 0. The molecule has 0 saturated heterocycles. The minimum absolute atomic E-state index is 0.0557. The molecular weight excluding hydrogens is 324 g/mol. The Bertz CT molecular complexity index is 678. The summed E-state index contributed by atoms with van der Waals surface area (Å²) < 4.78 is 4.96. The van der Waals surface area contributed by atoms with Gasteiger partial charge >= 0.3 is 5.97 Å². The van der Waals surface area contributed by atoms with Gasteiger partial charge in [0.15, 0.2) is 6.61 Å². The van der Waals surface area contributed by atoms with Crippen LogP contribution in [-0.4, -0.2) is 47.3 Å². The minimum Gasteiger partial charge on any atom is -0.454 e. The summed E-state index contributed by atoms with van der Waals surface area (Å²) in [4.78, 5) is 49.4. The van der Waals surface area contributed by atoms with Crippen molar-refractivity contribution in [2.75, 3.05) is 6.61 Å². The van der Waals surface area contributed by atoms with E-state index in [1.165, 1.54) is 19.1 Å². The van der Waals surface area contributed by atoms with Crippen LogP contribution in [0.25, 0.3) is 0 Å². The Balaban J connectivity index is 1.96. The number of fused-ring (bicyclic) bond motifs is 1. The predicted octanol–water partition coefficient (Wildman–Crippen LogP) is 1.37. The van der Waals surface area contributed by atoms with Crippen molar-refractivity contribution in [3.8, 4) is 0 Å². The fraction of sp³-hybridized carbons (Fsp3) is 0.444. The van der Waals surface area contributed by atoms with Gasteiger partial charge < -0.3 is 10.1 Å². The van der Waals surface area contributed by atoms with E-state index >= 15 is 0 Å². The van der Waals surface area contributed by atoms with E-state index in [2.05, 4.69) is 5.32 Å². The van der Waals surface area contributed by atoms with Crippen LogP contribution < -0.4 is 5.32 Å². The number of rotatable bonds is 6. The van der Waals surface area contributed by atoms with E-state index in [1.807, 2.05) is 20.8 Å². The predicted molar refractivity (Wildman–Crippen MR) is 89.8 cm³/mol. The quantitative estimate of drug-likeness (QED) is 0.620. The highest BCUT2D eigenvalue weighted by Gasteiger charge is 2.41. The van der Waals surface area contributed by atoms with Crippen LogP contribution in [0.5, 0.6) is 0 Å². The lowest BCUT2D eigenvalue weighted by molar-refractivity contribution is -0.152. The number of imide groups is 1. The first-order chi connectivity index (χ1) is 11.7. The Morgan fingerprint density at radius 3 is 2.04 bits per heavy atom. The molecular formula is C18H22N2O5. The number of esters is 1. The van der Waals surface area contributed by atoms with Crippen LogP contribution in [0.15, 0.2) is 24.3 Å². The zero-order chi connectivity index (χ0) is 18.7. The molecule has 0 unspecified atom stereocenters. The minimum atomic E-state index is -1.11. The molecule has 1 heterocycles. The molecule has 0 fully saturated rings. The zero-order valence-corrected chi connectivity index (χ0v) is 14.7. The molecule has 1 aromatic rings. The molecule has 1 aliphatic rings. The molecule has 0 aliphatic carbocycles. The van der Waals surface area contributed by atoms with Gasteiger partial charge in [0.25, 0.3) is 17.7 Å². The van der Waals surface area contributed by atoms with Gasteiger partial charge in [-0.15, -0.1) is 0 Å². The molecule has 0 saturated carbocycles. The van der Waals surface area contributed by atoms with Gasteiger partial charge in [-0.1, -0.05) is 26.0 Å². The van der Waals surface area contributed by atoms with Gasteiger partial charge in [0.2, 0.25) is 0 Å². The lowest BCUT2D eigenvalue weighted by atomic mass is 10.1. The molecule has 1 N–H and O–H groups in total. The van der Waals surface area contributed by atoms with Gasteiger partial charge in [-0.05, 0) is 31.9 Å². The van der Waals surface area contributed by atoms with Crippen LogP contribution in [0.3, 0.4) is 0 Å². The highest BCUT2D eigenvalue weighted by molar-refractivity contribution is 6.22. The number of hydrogen-bond donors (Lipinski definition) is 1. The topological polar surface area (TPSA) is 92.8 Å². The average molecular weight is 346 g/mol. The Morgan fingerprint density at radius 1 is 1.04 bits per heavy atom. The standard InChI is InChI=1S/C18H22N2O5/c1-10(2)11(3)19-15(21)9-25-18(24)12(4)20-16(22)13-7-5-6-8-14(13)17(20)23/h5-8,10-12H,9H2,1-4H3,(H,19,21)/t11-,12+/m0/s1. The van der Waals surface area contributed by atoms with E-state index in [0.29, 0.717) is 0 Å². The SMILES string of the molecule is CC(C)[C@H](C)NC(=O)COC(=O)[C@@H](C)N1C(=O)c2ccccc2C1=O. The third-order valence-corrected chi connectivity index (χ3v) is 4.29. The second-order valence-electron chi connectivity index (χ2n) is 6.41. The number of nitrogens with zero attached hydrogens (tertiary/aromatic N) is 1. The van der Waals surface area contributed by atoms with Crippen LogP contribution in [-0.2, 0) is 14.3 Å². The summed E-state index contributed by atoms with van der Waals surface area (Å²) in [6, 6.07) is 5.21. The van der Waals surface area contributed by atoms with Crippen molar-refractivity contribution in [1.29, 1.82) is 0 Å². The normalized spacial score (nSPS) is 15.8. The molecule has 3 amide bonds. The van der Waals surface area contributed by atoms with E-state index in [-0.39, 0.29) is 23.1 Å². The Kier molecular flexibility index (Phi) is 5.56. The summed E-state index contributed by atoms with van der Waals surface area (Å²) >= 11 is 0. The van der Waals surface area contributed by atoms with Crippen LogP contribution >= 0.6 is 0 Å². The van der Waals surface area contributed by atoms with Gasteiger partial charge in [0, 0.05) is 6.04 Å². The molecule has 1 aliphatic heterocycles. The molecule has 1 aromatic carbocycles. The molecule has 2 atom stereocenters. The number of benzene rings is 1. The molecule has 25 heavy (non-hydrogen) atoms. The van der Waals surface area contributed by atoms with Gasteiger partial charge in [0.1, 0.15) is 6.04 Å². The number of hydrogen-bond acceptors (Lipinski definition) is 5. The summed E-state index contributed by atoms with van der Waals surface area (Å²) in [5, 5.41) is 2.71. The largest absolute Gasteiger partial charge is 0.454 e. The van der Waals surface area contributed by atoms with Gasteiger partial charge in [-0.3, -0.25) is 19.3 Å². The smallest absolute Gasteiger partial charge is 0.329 e. The summed E-state index contributed by atoms with van der Waals surface area (Å²) in [5.41, 5.74) is 0.520. The molecule has 0 aromatic heterocycles. The maximum absolute atomic E-state index is 12.3. The molecule has 0 spiro atoms. The first-order valence-electron chi connectivity index (χ1n) is 8.17. The maximum atomic E-state index is 12.3. The number of ether oxygens (including phenoxy) is 1. The molecule has 134 valence electrons. The van der Waals surface area contributed by atoms with Crippen molar-refractivity contribution in [1.82, 2.24) is 10.2 Å². The highest BCUT2D eigenvalue weighted by atomic mass is 16.5. The van der Waals surface area contributed by atoms with Crippen LogP contribution in [0, 0.1) is 5.92 Å². The zero-order valence-electron chi connectivity index (χ0n) is 14.7.